The van der Waals surface area contributed by atoms with E-state index in [1.165, 1.54) is 12.8 Å². The third kappa shape index (κ3) is 3.43. The summed E-state index contributed by atoms with van der Waals surface area (Å²) < 4.78 is 0. The van der Waals surface area contributed by atoms with Crippen molar-refractivity contribution in [2.75, 3.05) is 0 Å². The Morgan fingerprint density at radius 1 is 1.21 bits per heavy atom. The summed E-state index contributed by atoms with van der Waals surface area (Å²) in [5.74, 6) is 1.11. The zero-order valence-corrected chi connectivity index (χ0v) is 12.8. The highest BCUT2D eigenvalue weighted by Crippen LogP contribution is 2.30. The molecule has 3 atom stereocenters. The Hall–Kier alpha value is -0.730. The normalized spacial score (nSPS) is 27.1. The number of carbonyl (C=O) groups is 1. The Morgan fingerprint density at radius 3 is 2.63 bits per heavy atom. The second-order valence-electron chi connectivity index (χ2n) is 5.48. The van der Waals surface area contributed by atoms with E-state index < -0.39 is 0 Å². The summed E-state index contributed by atoms with van der Waals surface area (Å²) in [7, 11) is 0. The van der Waals surface area contributed by atoms with Crippen molar-refractivity contribution < 1.29 is 4.79 Å². The van der Waals surface area contributed by atoms with Crippen LogP contribution in [-0.2, 0) is 0 Å². The van der Waals surface area contributed by atoms with E-state index in [9.17, 15) is 4.79 Å². The van der Waals surface area contributed by atoms with Gasteiger partial charge in [0.2, 0.25) is 0 Å². The number of halogens is 2. The second kappa shape index (κ2) is 6.15. The van der Waals surface area contributed by atoms with E-state index in [-0.39, 0.29) is 11.9 Å². The van der Waals surface area contributed by atoms with E-state index in [4.69, 9.17) is 23.2 Å². The Bertz CT molecular complexity index is 475. The van der Waals surface area contributed by atoms with E-state index in [2.05, 4.69) is 19.2 Å². The minimum absolute atomic E-state index is 0.0653. The molecule has 2 nitrogen and oxygen atoms in total. The van der Waals surface area contributed by atoms with Gasteiger partial charge in [-0.1, -0.05) is 49.9 Å². The molecule has 1 fully saturated rings. The lowest BCUT2D eigenvalue weighted by atomic mass is 9.78. The van der Waals surface area contributed by atoms with E-state index in [0.29, 0.717) is 27.4 Å². The first-order valence-corrected chi connectivity index (χ1v) is 7.50. The summed E-state index contributed by atoms with van der Waals surface area (Å²) in [6.45, 7) is 4.46. The number of nitrogens with one attached hydrogen (secondary N) is 1. The lowest BCUT2D eigenvalue weighted by Crippen LogP contribution is -2.43. The molecule has 0 heterocycles. The van der Waals surface area contributed by atoms with Crippen LogP contribution in [0.4, 0.5) is 0 Å². The second-order valence-corrected chi connectivity index (χ2v) is 6.29. The zero-order valence-electron chi connectivity index (χ0n) is 11.2. The first-order chi connectivity index (χ1) is 8.99. The molecule has 0 spiro atoms. The fourth-order valence-corrected chi connectivity index (χ4v) is 2.97. The Kier molecular flexibility index (Phi) is 4.75. The SMILES string of the molecule is C[C@H]1[C@@H](NC(=O)c2ccc(Cl)c(Cl)c2)CCC[C@@H]1C. The highest BCUT2D eigenvalue weighted by atomic mass is 35.5. The molecule has 1 amide bonds. The Labute approximate surface area is 124 Å². The maximum absolute atomic E-state index is 12.2. The van der Waals surface area contributed by atoms with Crippen molar-refractivity contribution in [2.45, 2.75) is 39.2 Å². The summed E-state index contributed by atoms with van der Waals surface area (Å²) >= 11 is 11.8. The summed E-state index contributed by atoms with van der Waals surface area (Å²) in [4.78, 5) is 12.2. The van der Waals surface area contributed by atoms with Gasteiger partial charge in [0, 0.05) is 11.6 Å². The third-order valence-corrected chi connectivity index (χ3v) is 4.94. The number of benzene rings is 1. The third-order valence-electron chi connectivity index (χ3n) is 4.21. The van der Waals surface area contributed by atoms with Crippen LogP contribution in [0, 0.1) is 11.8 Å². The molecular weight excluding hydrogens is 281 g/mol. The van der Waals surface area contributed by atoms with Gasteiger partial charge in [-0.3, -0.25) is 4.79 Å². The summed E-state index contributed by atoms with van der Waals surface area (Å²) in [5.41, 5.74) is 0.569. The van der Waals surface area contributed by atoms with Gasteiger partial charge < -0.3 is 5.32 Å². The zero-order chi connectivity index (χ0) is 14.0. The first kappa shape index (κ1) is 14.7. The molecule has 1 N–H and O–H groups in total. The molecule has 0 saturated heterocycles. The van der Waals surface area contributed by atoms with Crippen LogP contribution in [0.15, 0.2) is 18.2 Å². The lowest BCUT2D eigenvalue weighted by Gasteiger charge is -2.34. The van der Waals surface area contributed by atoms with E-state index in [0.717, 1.165) is 6.42 Å². The van der Waals surface area contributed by atoms with Crippen molar-refractivity contribution in [3.8, 4) is 0 Å². The van der Waals surface area contributed by atoms with Gasteiger partial charge in [0.05, 0.1) is 10.0 Å². The van der Waals surface area contributed by atoms with Gasteiger partial charge in [-0.25, -0.2) is 0 Å². The van der Waals surface area contributed by atoms with Gasteiger partial charge in [-0.2, -0.15) is 0 Å². The Balaban J connectivity index is 2.06. The molecule has 4 heteroatoms. The molecule has 1 aromatic rings. The smallest absolute Gasteiger partial charge is 0.251 e. The van der Waals surface area contributed by atoms with Crippen molar-refractivity contribution in [1.82, 2.24) is 5.32 Å². The van der Waals surface area contributed by atoms with Crippen LogP contribution in [0.2, 0.25) is 10.0 Å². The van der Waals surface area contributed by atoms with Crippen LogP contribution in [-0.4, -0.2) is 11.9 Å². The number of hydrogen-bond donors (Lipinski definition) is 1. The highest BCUT2D eigenvalue weighted by molar-refractivity contribution is 6.42. The first-order valence-electron chi connectivity index (χ1n) is 6.75. The summed E-state index contributed by atoms with van der Waals surface area (Å²) in [6, 6.07) is 5.24. The average molecular weight is 300 g/mol. The fourth-order valence-electron chi connectivity index (χ4n) is 2.67. The molecule has 0 bridgehead atoms. The van der Waals surface area contributed by atoms with Crippen molar-refractivity contribution in [3.63, 3.8) is 0 Å². The van der Waals surface area contributed by atoms with Crippen LogP contribution in [0.25, 0.3) is 0 Å². The minimum atomic E-state index is -0.0653. The molecular formula is C15H19Cl2NO. The van der Waals surface area contributed by atoms with Gasteiger partial charge in [0.1, 0.15) is 0 Å². The topological polar surface area (TPSA) is 29.1 Å². The van der Waals surface area contributed by atoms with Crippen LogP contribution in [0.1, 0.15) is 43.5 Å². The predicted octanol–water partition coefficient (Wildman–Crippen LogP) is 4.55. The van der Waals surface area contributed by atoms with Gasteiger partial charge >= 0.3 is 0 Å². The van der Waals surface area contributed by atoms with Gasteiger partial charge in [-0.15, -0.1) is 0 Å². The maximum atomic E-state index is 12.2. The van der Waals surface area contributed by atoms with Crippen LogP contribution < -0.4 is 5.32 Å². The molecule has 0 unspecified atom stereocenters. The molecule has 1 aliphatic rings. The number of carbonyl (C=O) groups excluding carboxylic acids is 1. The van der Waals surface area contributed by atoms with Crippen molar-refractivity contribution in [2.24, 2.45) is 11.8 Å². The average Bonchev–Trinajstić information content (AvgIpc) is 2.38. The predicted molar refractivity (Wildman–Crippen MR) is 79.9 cm³/mol. The van der Waals surface area contributed by atoms with E-state index >= 15 is 0 Å². The quantitative estimate of drug-likeness (QED) is 0.853. The Morgan fingerprint density at radius 2 is 1.95 bits per heavy atom. The van der Waals surface area contributed by atoms with Gasteiger partial charge in [-0.05, 0) is 36.5 Å². The standard InChI is InChI=1S/C15H19Cl2NO/c1-9-4-3-5-14(10(9)2)18-15(19)11-6-7-12(16)13(17)8-11/h6-10,14H,3-5H2,1-2H3,(H,18,19)/t9-,10+,14-/m0/s1. The monoisotopic (exact) mass is 299 g/mol. The fraction of sp³-hybridized carbons (Fsp3) is 0.533. The number of amides is 1. The van der Waals surface area contributed by atoms with Gasteiger partial charge in [0.15, 0.2) is 0 Å². The molecule has 0 aliphatic heterocycles. The van der Waals surface area contributed by atoms with Crippen LogP contribution in [0.3, 0.4) is 0 Å². The van der Waals surface area contributed by atoms with E-state index in [1.54, 1.807) is 18.2 Å². The maximum Gasteiger partial charge on any atom is 0.251 e. The van der Waals surface area contributed by atoms with Crippen LogP contribution in [0.5, 0.6) is 0 Å². The van der Waals surface area contributed by atoms with Gasteiger partial charge in [0.25, 0.3) is 5.91 Å². The van der Waals surface area contributed by atoms with Crippen molar-refractivity contribution in [1.29, 1.82) is 0 Å². The van der Waals surface area contributed by atoms with Crippen molar-refractivity contribution >= 4 is 29.1 Å². The summed E-state index contributed by atoms with van der Waals surface area (Å²) in [6.07, 6.45) is 3.48. The molecule has 104 valence electrons. The minimum Gasteiger partial charge on any atom is -0.349 e. The molecule has 2 rings (SSSR count). The summed E-state index contributed by atoms with van der Waals surface area (Å²) in [5, 5.41) is 4.01. The van der Waals surface area contributed by atoms with Crippen molar-refractivity contribution in [3.05, 3.63) is 33.8 Å². The lowest BCUT2D eigenvalue weighted by molar-refractivity contribution is 0.0891. The van der Waals surface area contributed by atoms with E-state index in [1.807, 2.05) is 0 Å². The molecule has 0 radical (unpaired) electrons. The molecule has 0 aromatic heterocycles. The molecule has 1 aliphatic carbocycles. The largest absolute Gasteiger partial charge is 0.349 e. The molecule has 1 aromatic carbocycles. The molecule has 19 heavy (non-hydrogen) atoms. The van der Waals surface area contributed by atoms with Crippen LogP contribution >= 0.6 is 23.2 Å². The highest BCUT2D eigenvalue weighted by Gasteiger charge is 2.28. The number of hydrogen-bond acceptors (Lipinski definition) is 1. The molecule has 1 saturated carbocycles. The number of rotatable bonds is 2.